The summed E-state index contributed by atoms with van der Waals surface area (Å²) >= 11 is 0. The van der Waals surface area contributed by atoms with Crippen LogP contribution in [0.15, 0.2) is 0 Å². The summed E-state index contributed by atoms with van der Waals surface area (Å²) in [6, 6.07) is 0. The van der Waals surface area contributed by atoms with Gasteiger partial charge in [-0.3, -0.25) is 4.79 Å². The first-order chi connectivity index (χ1) is 6.31. The van der Waals surface area contributed by atoms with E-state index in [0.29, 0.717) is 31.6 Å². The topological polar surface area (TPSA) is 52.2 Å². The average Bonchev–Trinajstić information content (AvgIpc) is 2.13. The predicted molar refractivity (Wildman–Crippen MR) is 54.4 cm³/mol. The molecule has 0 spiro atoms. The SMILES string of the molecule is CCCCCCC(=O)CCCN[O-]. The summed E-state index contributed by atoms with van der Waals surface area (Å²) in [7, 11) is 0. The van der Waals surface area contributed by atoms with E-state index in [2.05, 4.69) is 6.92 Å². The van der Waals surface area contributed by atoms with Gasteiger partial charge in [-0.25, -0.2) is 0 Å². The minimum atomic E-state index is 0.298. The fraction of sp³-hybridized carbons (Fsp3) is 0.900. The number of Topliss-reactive ketones (excluding diaryl/α,β-unsaturated/α-hetero) is 1. The minimum Gasteiger partial charge on any atom is -0.788 e. The highest BCUT2D eigenvalue weighted by molar-refractivity contribution is 5.78. The maximum atomic E-state index is 11.2. The van der Waals surface area contributed by atoms with E-state index < -0.39 is 0 Å². The van der Waals surface area contributed by atoms with Crippen molar-refractivity contribution in [2.24, 2.45) is 0 Å². The van der Waals surface area contributed by atoms with E-state index in [0.717, 1.165) is 12.8 Å². The molecule has 0 fully saturated rings. The standard InChI is InChI=1S/C10H20NO2/c1-2-3-4-5-7-10(12)8-6-9-11-13/h11H,2-9H2,1H3/q-1. The first kappa shape index (κ1) is 12.6. The molecule has 0 aromatic heterocycles. The third kappa shape index (κ3) is 9.50. The van der Waals surface area contributed by atoms with Crippen molar-refractivity contribution in [3.05, 3.63) is 5.21 Å². The molecule has 0 unspecified atom stereocenters. The Hall–Kier alpha value is -0.410. The Labute approximate surface area is 80.5 Å². The fourth-order valence-corrected chi connectivity index (χ4v) is 1.23. The molecular formula is C10H20NO2-. The van der Waals surface area contributed by atoms with Gasteiger partial charge in [0.25, 0.3) is 0 Å². The Balaban J connectivity index is 3.11. The van der Waals surface area contributed by atoms with Crippen LogP contribution in [-0.4, -0.2) is 12.3 Å². The summed E-state index contributed by atoms with van der Waals surface area (Å²) in [5.74, 6) is 0.298. The molecule has 0 rings (SSSR count). The molecule has 13 heavy (non-hydrogen) atoms. The highest BCUT2D eigenvalue weighted by Crippen LogP contribution is 2.05. The fourth-order valence-electron chi connectivity index (χ4n) is 1.23. The highest BCUT2D eigenvalue weighted by atomic mass is 16.5. The van der Waals surface area contributed by atoms with Gasteiger partial charge >= 0.3 is 0 Å². The average molecular weight is 186 g/mol. The number of hydrogen-bond donors (Lipinski definition) is 1. The zero-order chi connectivity index (χ0) is 9.94. The number of nitrogens with one attached hydrogen (secondary N) is 1. The van der Waals surface area contributed by atoms with E-state index in [1.807, 2.05) is 0 Å². The van der Waals surface area contributed by atoms with Crippen molar-refractivity contribution in [3.8, 4) is 0 Å². The number of carbonyl (C=O) groups excluding carboxylic acids is 1. The molecule has 78 valence electrons. The second kappa shape index (κ2) is 9.68. The van der Waals surface area contributed by atoms with Crippen LogP contribution in [0.2, 0.25) is 0 Å². The third-order valence-corrected chi connectivity index (χ3v) is 2.04. The lowest BCUT2D eigenvalue weighted by atomic mass is 10.1. The zero-order valence-electron chi connectivity index (χ0n) is 8.47. The molecule has 0 aliphatic rings. The van der Waals surface area contributed by atoms with Crippen molar-refractivity contribution in [1.82, 2.24) is 5.48 Å². The van der Waals surface area contributed by atoms with Gasteiger partial charge in [-0.05, 0) is 19.4 Å². The second-order valence-electron chi connectivity index (χ2n) is 3.35. The Bertz CT molecular complexity index is 126. The Morgan fingerprint density at radius 3 is 2.46 bits per heavy atom. The van der Waals surface area contributed by atoms with Gasteiger partial charge in [-0.15, -0.1) is 0 Å². The van der Waals surface area contributed by atoms with E-state index in [1.165, 1.54) is 12.8 Å². The first-order valence-corrected chi connectivity index (χ1v) is 5.18. The van der Waals surface area contributed by atoms with E-state index in [4.69, 9.17) is 0 Å². The predicted octanol–water partition coefficient (Wildman–Crippen LogP) is 2.39. The van der Waals surface area contributed by atoms with E-state index in [-0.39, 0.29) is 0 Å². The van der Waals surface area contributed by atoms with Gasteiger partial charge in [0.2, 0.25) is 0 Å². The molecular weight excluding hydrogens is 166 g/mol. The van der Waals surface area contributed by atoms with Crippen LogP contribution in [0.3, 0.4) is 0 Å². The molecule has 0 atom stereocenters. The molecule has 0 aliphatic carbocycles. The maximum absolute atomic E-state index is 11.2. The van der Waals surface area contributed by atoms with Gasteiger partial charge in [-0.2, -0.15) is 0 Å². The number of hydroxylamine groups is 1. The van der Waals surface area contributed by atoms with Crippen LogP contribution >= 0.6 is 0 Å². The number of rotatable bonds is 9. The highest BCUT2D eigenvalue weighted by Gasteiger charge is 1.99. The molecule has 3 nitrogen and oxygen atoms in total. The number of carbonyl (C=O) groups is 1. The van der Waals surface area contributed by atoms with Gasteiger partial charge in [0.15, 0.2) is 0 Å². The molecule has 0 amide bonds. The summed E-state index contributed by atoms with van der Waals surface area (Å²) in [4.78, 5) is 11.2. The first-order valence-electron chi connectivity index (χ1n) is 5.18. The molecule has 0 radical (unpaired) electrons. The van der Waals surface area contributed by atoms with Gasteiger partial charge in [0.05, 0.1) is 0 Å². The van der Waals surface area contributed by atoms with E-state index >= 15 is 0 Å². The summed E-state index contributed by atoms with van der Waals surface area (Å²) in [6.07, 6.45) is 6.51. The van der Waals surface area contributed by atoms with Crippen LogP contribution < -0.4 is 5.48 Å². The van der Waals surface area contributed by atoms with Crippen molar-refractivity contribution in [3.63, 3.8) is 0 Å². The second-order valence-corrected chi connectivity index (χ2v) is 3.35. The molecule has 0 heterocycles. The summed E-state index contributed by atoms with van der Waals surface area (Å²) < 4.78 is 0. The lowest BCUT2D eigenvalue weighted by Gasteiger charge is -2.05. The molecule has 0 aromatic carbocycles. The Kier molecular flexibility index (Phi) is 9.37. The quantitative estimate of drug-likeness (QED) is 0.444. The molecule has 3 heteroatoms. The lowest BCUT2D eigenvalue weighted by molar-refractivity contribution is -0.119. The van der Waals surface area contributed by atoms with Crippen molar-refractivity contribution >= 4 is 5.78 Å². The summed E-state index contributed by atoms with van der Waals surface area (Å²) in [5.41, 5.74) is 1.80. The van der Waals surface area contributed by atoms with Crippen molar-refractivity contribution in [2.75, 3.05) is 6.54 Å². The molecule has 1 N–H and O–H groups in total. The smallest absolute Gasteiger partial charge is 0.132 e. The van der Waals surface area contributed by atoms with Crippen LogP contribution in [0.4, 0.5) is 0 Å². The van der Waals surface area contributed by atoms with E-state index in [9.17, 15) is 10.0 Å². The molecule has 0 bridgehead atoms. The van der Waals surface area contributed by atoms with Crippen LogP contribution in [0, 0.1) is 5.21 Å². The Morgan fingerprint density at radius 2 is 1.85 bits per heavy atom. The minimum absolute atomic E-state index is 0.298. The van der Waals surface area contributed by atoms with E-state index in [1.54, 1.807) is 5.48 Å². The van der Waals surface area contributed by atoms with Gasteiger partial charge in [0, 0.05) is 12.8 Å². The zero-order valence-corrected chi connectivity index (χ0v) is 8.47. The normalized spacial score (nSPS) is 10.3. The van der Waals surface area contributed by atoms with Crippen molar-refractivity contribution in [1.29, 1.82) is 0 Å². The largest absolute Gasteiger partial charge is 0.788 e. The van der Waals surface area contributed by atoms with Crippen LogP contribution in [0.25, 0.3) is 0 Å². The lowest BCUT2D eigenvalue weighted by Crippen LogP contribution is -2.08. The van der Waals surface area contributed by atoms with Crippen LogP contribution in [0.5, 0.6) is 0 Å². The Morgan fingerprint density at radius 1 is 1.15 bits per heavy atom. The number of hydrogen-bond acceptors (Lipinski definition) is 3. The maximum Gasteiger partial charge on any atom is 0.132 e. The van der Waals surface area contributed by atoms with Gasteiger partial charge in [-0.1, -0.05) is 26.2 Å². The van der Waals surface area contributed by atoms with Crippen LogP contribution in [0.1, 0.15) is 51.9 Å². The van der Waals surface area contributed by atoms with Crippen LogP contribution in [-0.2, 0) is 4.79 Å². The summed E-state index contributed by atoms with van der Waals surface area (Å²) in [6.45, 7) is 2.56. The molecule has 0 aromatic rings. The van der Waals surface area contributed by atoms with Gasteiger partial charge in [0.1, 0.15) is 5.78 Å². The molecule has 0 saturated heterocycles. The number of ketones is 1. The van der Waals surface area contributed by atoms with Crippen molar-refractivity contribution in [2.45, 2.75) is 51.9 Å². The molecule has 0 saturated carbocycles. The number of unbranched alkanes of at least 4 members (excludes halogenated alkanes) is 3. The van der Waals surface area contributed by atoms with Gasteiger partial charge < -0.3 is 10.7 Å². The molecule has 0 aliphatic heterocycles. The van der Waals surface area contributed by atoms with Crippen molar-refractivity contribution < 1.29 is 4.79 Å². The summed E-state index contributed by atoms with van der Waals surface area (Å²) in [5, 5.41) is 9.85. The monoisotopic (exact) mass is 186 g/mol. The third-order valence-electron chi connectivity index (χ3n) is 2.04.